The van der Waals surface area contributed by atoms with Gasteiger partial charge in [0.15, 0.2) is 0 Å². The molecule has 0 fully saturated rings. The van der Waals surface area contributed by atoms with Crippen molar-refractivity contribution in [2.75, 3.05) is 12.8 Å². The number of aromatic nitrogens is 1. The summed E-state index contributed by atoms with van der Waals surface area (Å²) in [5, 5.41) is 0.985. The monoisotopic (exact) mass is 260 g/mol. The average Bonchev–Trinajstić information content (AvgIpc) is 2.30. The fourth-order valence-electron chi connectivity index (χ4n) is 1.73. The minimum absolute atomic E-state index is 0.648. The van der Waals surface area contributed by atoms with E-state index in [-0.39, 0.29) is 0 Å². The number of hydrogen-bond acceptors (Lipinski definition) is 4. The third-order valence-corrected chi connectivity index (χ3v) is 3.41. The quantitative estimate of drug-likeness (QED) is 0.859. The van der Waals surface area contributed by atoms with Crippen LogP contribution in [-0.4, -0.2) is 12.1 Å². The van der Waals surface area contributed by atoms with Gasteiger partial charge in [0, 0.05) is 10.6 Å². The Hall–Kier alpha value is -1.68. The van der Waals surface area contributed by atoms with Gasteiger partial charge in [0.1, 0.15) is 10.8 Å². The largest absolute Gasteiger partial charge is 0.495 e. The minimum Gasteiger partial charge on any atom is -0.495 e. The summed E-state index contributed by atoms with van der Waals surface area (Å²) in [6, 6.07) is 9.89. The Labute approximate surface area is 111 Å². The smallest absolute Gasteiger partial charge is 0.142 e. The number of aryl methyl sites for hydroxylation is 2. The number of ether oxygens (including phenoxy) is 1. The Bertz CT molecular complexity index is 549. The van der Waals surface area contributed by atoms with Crippen LogP contribution in [0, 0.1) is 13.8 Å². The van der Waals surface area contributed by atoms with Crippen molar-refractivity contribution in [3.63, 3.8) is 0 Å². The summed E-state index contributed by atoms with van der Waals surface area (Å²) in [4.78, 5) is 5.57. The molecule has 2 rings (SSSR count). The van der Waals surface area contributed by atoms with Crippen molar-refractivity contribution in [2.45, 2.75) is 23.8 Å². The van der Waals surface area contributed by atoms with Gasteiger partial charge in [-0.1, -0.05) is 11.8 Å². The van der Waals surface area contributed by atoms with Crippen LogP contribution in [0.3, 0.4) is 0 Å². The van der Waals surface area contributed by atoms with Gasteiger partial charge in [-0.05, 0) is 49.7 Å². The molecule has 0 unspecified atom stereocenters. The highest BCUT2D eigenvalue weighted by atomic mass is 32.2. The number of nitrogen functional groups attached to an aromatic ring is 1. The zero-order valence-corrected chi connectivity index (χ0v) is 11.5. The number of nitrogens with two attached hydrogens (primary N) is 1. The maximum atomic E-state index is 5.79. The Morgan fingerprint density at radius 1 is 1.17 bits per heavy atom. The van der Waals surface area contributed by atoms with E-state index in [0.29, 0.717) is 11.4 Å². The zero-order chi connectivity index (χ0) is 13.1. The molecule has 0 aliphatic rings. The molecule has 0 spiro atoms. The topological polar surface area (TPSA) is 48.1 Å². The molecule has 0 bridgehead atoms. The van der Waals surface area contributed by atoms with E-state index in [1.807, 2.05) is 25.1 Å². The van der Waals surface area contributed by atoms with Crippen LogP contribution in [-0.2, 0) is 0 Å². The van der Waals surface area contributed by atoms with E-state index < -0.39 is 0 Å². The number of nitrogens with zero attached hydrogens (tertiary/aromatic N) is 1. The number of rotatable bonds is 3. The second-order valence-electron chi connectivity index (χ2n) is 4.13. The van der Waals surface area contributed by atoms with Crippen molar-refractivity contribution in [2.24, 2.45) is 0 Å². The van der Waals surface area contributed by atoms with Gasteiger partial charge in [-0.15, -0.1) is 0 Å². The van der Waals surface area contributed by atoms with E-state index in [0.717, 1.165) is 15.6 Å². The molecule has 0 amide bonds. The Morgan fingerprint density at radius 2 is 1.94 bits per heavy atom. The van der Waals surface area contributed by atoms with E-state index >= 15 is 0 Å². The molecule has 4 heteroatoms. The van der Waals surface area contributed by atoms with Crippen molar-refractivity contribution in [1.82, 2.24) is 4.98 Å². The van der Waals surface area contributed by atoms with Gasteiger partial charge in [-0.25, -0.2) is 4.98 Å². The summed E-state index contributed by atoms with van der Waals surface area (Å²) in [7, 11) is 1.62. The second-order valence-corrected chi connectivity index (χ2v) is 5.22. The Kier molecular flexibility index (Phi) is 3.77. The van der Waals surface area contributed by atoms with E-state index in [1.165, 1.54) is 5.56 Å². The molecule has 0 saturated carbocycles. The fraction of sp³-hybridized carbons (Fsp3) is 0.214. The normalized spacial score (nSPS) is 10.4. The van der Waals surface area contributed by atoms with Gasteiger partial charge in [-0.2, -0.15) is 0 Å². The van der Waals surface area contributed by atoms with Gasteiger partial charge in [0.25, 0.3) is 0 Å². The second kappa shape index (κ2) is 5.31. The van der Waals surface area contributed by atoms with Crippen LogP contribution in [0.5, 0.6) is 5.75 Å². The summed E-state index contributed by atoms with van der Waals surface area (Å²) in [6.45, 7) is 4.07. The molecule has 94 valence electrons. The molecule has 0 saturated heterocycles. The molecule has 1 aromatic carbocycles. The molecule has 0 radical (unpaired) electrons. The predicted octanol–water partition coefficient (Wildman–Crippen LogP) is 3.44. The Balaban J connectivity index is 2.28. The van der Waals surface area contributed by atoms with Crippen LogP contribution in [0.15, 0.2) is 40.3 Å². The third-order valence-electron chi connectivity index (χ3n) is 2.50. The molecule has 3 nitrogen and oxygen atoms in total. The minimum atomic E-state index is 0.648. The van der Waals surface area contributed by atoms with Crippen LogP contribution >= 0.6 is 11.8 Å². The molecule has 0 aliphatic heterocycles. The summed E-state index contributed by atoms with van der Waals surface area (Å²) >= 11 is 1.61. The van der Waals surface area contributed by atoms with Crippen molar-refractivity contribution in [1.29, 1.82) is 0 Å². The first-order valence-electron chi connectivity index (χ1n) is 5.65. The molecule has 0 atom stereocenters. The molecule has 18 heavy (non-hydrogen) atoms. The molecule has 1 aromatic heterocycles. The number of methoxy groups -OCH3 is 1. The van der Waals surface area contributed by atoms with Crippen LogP contribution < -0.4 is 10.5 Å². The SMILES string of the molecule is COc1cc(Sc2cc(C)cc(C)n2)ccc1N. The molecule has 2 N–H and O–H groups in total. The highest BCUT2D eigenvalue weighted by Gasteiger charge is 2.04. The average molecular weight is 260 g/mol. The van der Waals surface area contributed by atoms with Crippen LogP contribution in [0.4, 0.5) is 5.69 Å². The van der Waals surface area contributed by atoms with Gasteiger partial charge in [0.05, 0.1) is 12.8 Å². The molecule has 0 aliphatic carbocycles. The zero-order valence-electron chi connectivity index (χ0n) is 10.7. The number of hydrogen-bond donors (Lipinski definition) is 1. The van der Waals surface area contributed by atoms with Crippen LogP contribution in [0.25, 0.3) is 0 Å². The molecule has 1 heterocycles. The summed E-state index contributed by atoms with van der Waals surface area (Å²) in [5.41, 5.74) is 8.68. The lowest BCUT2D eigenvalue weighted by Crippen LogP contribution is -1.92. The standard InChI is InChI=1S/C14H16N2OS/c1-9-6-10(2)16-14(7-9)18-11-4-5-12(15)13(8-11)17-3/h4-8H,15H2,1-3H3. The van der Waals surface area contributed by atoms with E-state index in [1.54, 1.807) is 18.9 Å². The number of anilines is 1. The maximum Gasteiger partial charge on any atom is 0.142 e. The lowest BCUT2D eigenvalue weighted by atomic mass is 10.3. The van der Waals surface area contributed by atoms with Crippen molar-refractivity contribution in [3.05, 3.63) is 41.6 Å². The first-order valence-corrected chi connectivity index (χ1v) is 6.47. The van der Waals surface area contributed by atoms with Gasteiger partial charge in [0.2, 0.25) is 0 Å². The van der Waals surface area contributed by atoms with Crippen molar-refractivity contribution >= 4 is 17.4 Å². The van der Waals surface area contributed by atoms with Gasteiger partial charge in [-0.3, -0.25) is 0 Å². The van der Waals surface area contributed by atoms with Crippen LogP contribution in [0.1, 0.15) is 11.3 Å². The first-order chi connectivity index (χ1) is 8.58. The summed E-state index contributed by atoms with van der Waals surface area (Å²) in [5.74, 6) is 0.698. The summed E-state index contributed by atoms with van der Waals surface area (Å²) in [6.07, 6.45) is 0. The van der Waals surface area contributed by atoms with E-state index in [9.17, 15) is 0 Å². The van der Waals surface area contributed by atoms with E-state index in [2.05, 4.69) is 24.0 Å². The van der Waals surface area contributed by atoms with Gasteiger partial charge < -0.3 is 10.5 Å². The summed E-state index contributed by atoms with van der Waals surface area (Å²) < 4.78 is 5.21. The lowest BCUT2D eigenvalue weighted by molar-refractivity contribution is 0.416. The highest BCUT2D eigenvalue weighted by Crippen LogP contribution is 2.32. The van der Waals surface area contributed by atoms with E-state index in [4.69, 9.17) is 10.5 Å². The Morgan fingerprint density at radius 3 is 2.61 bits per heavy atom. The fourth-order valence-corrected chi connectivity index (χ4v) is 2.71. The lowest BCUT2D eigenvalue weighted by Gasteiger charge is -2.07. The van der Waals surface area contributed by atoms with Crippen LogP contribution in [0.2, 0.25) is 0 Å². The maximum absolute atomic E-state index is 5.79. The van der Waals surface area contributed by atoms with Crippen molar-refractivity contribution in [3.8, 4) is 5.75 Å². The third kappa shape index (κ3) is 2.96. The molecular weight excluding hydrogens is 244 g/mol. The number of benzene rings is 1. The predicted molar refractivity (Wildman–Crippen MR) is 75.2 cm³/mol. The first kappa shape index (κ1) is 12.8. The molecular formula is C14H16N2OS. The molecule has 2 aromatic rings. The van der Waals surface area contributed by atoms with Gasteiger partial charge >= 0.3 is 0 Å². The number of pyridine rings is 1. The van der Waals surface area contributed by atoms with Crippen molar-refractivity contribution < 1.29 is 4.74 Å². The highest BCUT2D eigenvalue weighted by molar-refractivity contribution is 7.99.